The molecule has 0 aliphatic rings. The van der Waals surface area contributed by atoms with Crippen LogP contribution in [-0.4, -0.2) is 314 Å². The van der Waals surface area contributed by atoms with Gasteiger partial charge in [0.15, 0.2) is 6.54 Å². The van der Waals surface area contributed by atoms with Crippen molar-refractivity contribution in [2.24, 2.45) is 0 Å². The second-order valence-corrected chi connectivity index (χ2v) is 24.0. The van der Waals surface area contributed by atoms with Gasteiger partial charge >= 0.3 is 11.9 Å². The summed E-state index contributed by atoms with van der Waals surface area (Å²) in [5.41, 5.74) is 1.48. The number of carbonyl (C=O) groups is 2. The third-order valence-electron chi connectivity index (χ3n) is 14.5. The van der Waals surface area contributed by atoms with Crippen LogP contribution in [0.25, 0.3) is 21.8 Å². The molecule has 0 saturated heterocycles. The molecule has 0 fully saturated rings. The van der Waals surface area contributed by atoms with Crippen LogP contribution in [0, 0.1) is 13.8 Å². The summed E-state index contributed by atoms with van der Waals surface area (Å²) in [6.45, 7) is 8.92. The second-order valence-electron chi connectivity index (χ2n) is 22.5. The van der Waals surface area contributed by atoms with Gasteiger partial charge in [0.25, 0.3) is 0 Å². The first kappa shape index (κ1) is 86.4. The molecule has 0 bridgehead atoms. The number of pyridine rings is 1. The Hall–Kier alpha value is -5.02. The van der Waals surface area contributed by atoms with Crippen molar-refractivity contribution < 1.29 is 141 Å². The van der Waals surface area contributed by atoms with Crippen LogP contribution in [0.2, 0.25) is 0 Å². The number of hydrogen-bond donors (Lipinski definition) is 1. The van der Waals surface area contributed by atoms with Gasteiger partial charge < -0.3 is 119 Å². The van der Waals surface area contributed by atoms with Crippen LogP contribution in [0.5, 0.6) is 17.2 Å². The van der Waals surface area contributed by atoms with Crippen molar-refractivity contribution in [3.8, 4) is 17.2 Å². The molecule has 31 heteroatoms. The first-order valence-electron chi connectivity index (χ1n) is 32.8. The van der Waals surface area contributed by atoms with Gasteiger partial charge in [0, 0.05) is 81.2 Å². The fourth-order valence-corrected chi connectivity index (χ4v) is 10.1. The Bertz CT molecular complexity index is 2680. The average Bonchev–Trinajstić information content (AvgIpc) is 0.740. The standard InChI is InChI=1S/C68H107NO29S/c1-50-34-52(67(70)71)35-51(2)66(50)98-68(72)65-61-36-53(96-59(46-92-55(38-84-25-17-76-3)39-85-26-18-77-4)47-93-56(40-86-27-19-78-5)41-87-28-20-79-6)12-14-63(61)69(16-11-33-99(73,74)75)64-15-13-54(37-62(64)65)97-60(48-94-57(42-88-29-21-80-7)43-89-30-22-81-8)49-95-58(44-90-31-23-82-9)45-91-32-24-83-10/h12-15,34-37,55-60H,11,16-33,38-49H2,1-10H3,(H-,70,71,73,74,75). The molecule has 1 aromatic heterocycles. The van der Waals surface area contributed by atoms with Gasteiger partial charge in [-0.05, 0) is 61.4 Å². The molecule has 0 aliphatic heterocycles. The SMILES string of the molecule is COCCOCC(COCCOC)OCC(COC(COCCOC)COCCOC)Oc1ccc2c(c1)c(C(=O)Oc1c(C)cc(C(=O)O)cc1C)c1cc(OC(COC(COCCOC)COCCOC)COC(COCCOC)COCCOC)ccc1[n+]2CCCS(=O)(=O)[O-]. The topological polar surface area (TPSA) is 328 Å². The summed E-state index contributed by atoms with van der Waals surface area (Å²) in [6.07, 6.45) is -4.34. The third kappa shape index (κ3) is 35.1. The first-order valence-corrected chi connectivity index (χ1v) is 34.4. The van der Waals surface area contributed by atoms with E-state index in [2.05, 4.69) is 0 Å². The Balaban J connectivity index is 2.02. The lowest BCUT2D eigenvalue weighted by Crippen LogP contribution is -2.38. The van der Waals surface area contributed by atoms with Crippen molar-refractivity contribution in [2.75, 3.05) is 248 Å². The molecule has 564 valence electrons. The molecule has 1 N–H and O–H groups in total. The number of rotatable bonds is 63. The van der Waals surface area contributed by atoms with Gasteiger partial charge in [-0.3, -0.25) is 0 Å². The van der Waals surface area contributed by atoms with Crippen LogP contribution in [0.4, 0.5) is 0 Å². The predicted molar refractivity (Wildman–Crippen MR) is 358 cm³/mol. The number of fused-ring (bicyclic) bond motifs is 2. The highest BCUT2D eigenvalue weighted by Crippen LogP contribution is 2.34. The number of carboxylic acids is 1. The minimum atomic E-state index is -4.70. The van der Waals surface area contributed by atoms with Crippen molar-refractivity contribution >= 4 is 43.9 Å². The van der Waals surface area contributed by atoms with E-state index in [0.717, 1.165) is 0 Å². The lowest BCUT2D eigenvalue weighted by Gasteiger charge is -2.26. The molecule has 3 aromatic carbocycles. The minimum Gasteiger partial charge on any atom is -0.748 e. The van der Waals surface area contributed by atoms with Crippen molar-refractivity contribution in [1.82, 2.24) is 0 Å². The van der Waals surface area contributed by atoms with Gasteiger partial charge in [-0.25, -0.2) is 18.0 Å². The van der Waals surface area contributed by atoms with Crippen LogP contribution in [0.1, 0.15) is 38.3 Å². The predicted octanol–water partition coefficient (Wildman–Crippen LogP) is 4.09. The molecular weight excluding hydrogens is 1330 g/mol. The highest BCUT2D eigenvalue weighted by Gasteiger charge is 2.30. The Morgan fingerprint density at radius 1 is 0.424 bits per heavy atom. The summed E-state index contributed by atoms with van der Waals surface area (Å²) in [6, 6.07) is 12.8. The highest BCUT2D eigenvalue weighted by molar-refractivity contribution is 7.85. The normalized spacial score (nSPS) is 12.2. The third-order valence-corrected chi connectivity index (χ3v) is 15.3. The number of aromatic nitrogens is 1. The summed E-state index contributed by atoms with van der Waals surface area (Å²) < 4.78 is 174. The number of benzene rings is 3. The van der Waals surface area contributed by atoms with Crippen molar-refractivity contribution in [2.45, 2.75) is 63.4 Å². The number of esters is 1. The maximum atomic E-state index is 15.6. The molecule has 4 rings (SSSR count). The molecule has 0 radical (unpaired) electrons. The fourth-order valence-electron chi connectivity index (χ4n) is 9.59. The highest BCUT2D eigenvalue weighted by atomic mass is 32.2. The van der Waals surface area contributed by atoms with E-state index in [4.69, 9.17) is 109 Å². The van der Waals surface area contributed by atoms with Gasteiger partial charge in [0.05, 0.1) is 217 Å². The van der Waals surface area contributed by atoms with E-state index in [0.29, 0.717) is 75.0 Å². The van der Waals surface area contributed by atoms with Gasteiger partial charge in [0.1, 0.15) is 53.9 Å². The van der Waals surface area contributed by atoms with Crippen molar-refractivity contribution in [3.05, 3.63) is 70.8 Å². The van der Waals surface area contributed by atoms with Crippen molar-refractivity contribution in [1.29, 1.82) is 0 Å². The zero-order chi connectivity index (χ0) is 71.9. The Labute approximate surface area is 582 Å². The average molecular weight is 1430 g/mol. The van der Waals surface area contributed by atoms with E-state index in [-0.39, 0.29) is 184 Å². The Morgan fingerprint density at radius 3 is 0.980 bits per heavy atom. The number of carbonyl (C=O) groups excluding carboxylic acids is 1. The zero-order valence-corrected chi connectivity index (χ0v) is 60.1. The number of ether oxygens (including phenoxy) is 23. The maximum absolute atomic E-state index is 15.6. The van der Waals surface area contributed by atoms with Gasteiger partial charge in [-0.1, -0.05) is 0 Å². The molecule has 1 heterocycles. The van der Waals surface area contributed by atoms with Gasteiger partial charge in [0.2, 0.25) is 11.0 Å². The smallest absolute Gasteiger partial charge is 0.345 e. The number of aromatic carboxylic acids is 1. The molecule has 0 atom stereocenters. The van der Waals surface area contributed by atoms with Crippen LogP contribution >= 0.6 is 0 Å². The largest absolute Gasteiger partial charge is 0.748 e. The molecule has 99 heavy (non-hydrogen) atoms. The van der Waals surface area contributed by atoms with Gasteiger partial charge in [-0.2, -0.15) is 4.57 Å². The molecule has 0 unspecified atom stereocenters. The van der Waals surface area contributed by atoms with Crippen LogP contribution in [0.3, 0.4) is 0 Å². The van der Waals surface area contributed by atoms with E-state index in [1.165, 1.54) is 12.1 Å². The Kier molecular flexibility index (Phi) is 45.4. The summed E-state index contributed by atoms with van der Waals surface area (Å²) in [5, 5.41) is 10.5. The van der Waals surface area contributed by atoms with Crippen LogP contribution in [0.15, 0.2) is 48.5 Å². The second kappa shape index (κ2) is 52.0. The first-order chi connectivity index (χ1) is 48.0. The number of nitrogens with zero attached hydrogens (tertiary/aromatic N) is 1. The number of carboxylic acid groups (broad SMARTS) is 1. The molecular formula is C68H107NO29S. The number of aryl methyl sites for hydroxylation is 3. The molecule has 4 aromatic rings. The minimum absolute atomic E-state index is 0.0104. The summed E-state index contributed by atoms with van der Waals surface area (Å²) in [5.74, 6) is -2.23. The van der Waals surface area contributed by atoms with E-state index in [1.54, 1.807) is 112 Å². The van der Waals surface area contributed by atoms with E-state index in [1.807, 2.05) is 0 Å². The molecule has 0 aliphatic carbocycles. The summed E-state index contributed by atoms with van der Waals surface area (Å²) in [7, 11) is 7.86. The lowest BCUT2D eigenvalue weighted by atomic mass is 10.0. The molecule has 0 spiro atoms. The Morgan fingerprint density at radius 2 is 0.717 bits per heavy atom. The van der Waals surface area contributed by atoms with Crippen molar-refractivity contribution in [3.63, 3.8) is 0 Å². The van der Waals surface area contributed by atoms with E-state index < -0.39 is 64.4 Å². The fraction of sp³-hybridized carbons (Fsp3) is 0.691. The number of methoxy groups -OCH3 is 8. The maximum Gasteiger partial charge on any atom is 0.345 e. The molecule has 0 amide bonds. The quantitative estimate of drug-likeness (QED) is 0.0162. The lowest BCUT2D eigenvalue weighted by molar-refractivity contribution is -0.645. The van der Waals surface area contributed by atoms with E-state index in [9.17, 15) is 22.9 Å². The molecule has 0 saturated carbocycles. The summed E-state index contributed by atoms with van der Waals surface area (Å²) in [4.78, 5) is 27.9. The molecule has 30 nitrogen and oxygen atoms in total. The monoisotopic (exact) mass is 1430 g/mol. The van der Waals surface area contributed by atoms with Crippen LogP contribution in [-0.2, 0) is 111 Å². The van der Waals surface area contributed by atoms with Gasteiger partial charge in [-0.15, -0.1) is 0 Å². The number of hydrogen-bond acceptors (Lipinski definition) is 28. The van der Waals surface area contributed by atoms with E-state index >= 15 is 4.79 Å². The zero-order valence-electron chi connectivity index (χ0n) is 59.2. The van der Waals surface area contributed by atoms with Crippen LogP contribution < -0.4 is 18.8 Å². The summed E-state index contributed by atoms with van der Waals surface area (Å²) >= 11 is 0.